The zero-order valence-corrected chi connectivity index (χ0v) is 13.6. The first-order valence-corrected chi connectivity index (χ1v) is 8.48. The van der Waals surface area contributed by atoms with E-state index in [1.165, 1.54) is 11.3 Å². The average molecular weight is 324 g/mol. The van der Waals surface area contributed by atoms with Crippen molar-refractivity contribution in [1.82, 2.24) is 10.2 Å². The van der Waals surface area contributed by atoms with Crippen LogP contribution in [0, 0.1) is 5.92 Å². The van der Waals surface area contributed by atoms with Gasteiger partial charge in [-0.15, -0.1) is 11.3 Å². The Balaban J connectivity index is 2.00. The Kier molecular flexibility index (Phi) is 5.79. The first-order valence-electron chi connectivity index (χ1n) is 7.60. The van der Waals surface area contributed by atoms with Gasteiger partial charge in [-0.05, 0) is 37.1 Å². The second-order valence-corrected chi connectivity index (χ2v) is 6.86. The third kappa shape index (κ3) is 4.45. The number of amides is 3. The van der Waals surface area contributed by atoms with Gasteiger partial charge in [-0.1, -0.05) is 6.07 Å². The molecule has 2 heterocycles. The summed E-state index contributed by atoms with van der Waals surface area (Å²) in [4.78, 5) is 26.5. The van der Waals surface area contributed by atoms with E-state index < -0.39 is 6.03 Å². The van der Waals surface area contributed by atoms with Crippen LogP contribution in [0.1, 0.15) is 37.1 Å². The quantitative estimate of drug-likeness (QED) is 0.763. The number of nitrogens with one attached hydrogen (secondary N) is 1. The van der Waals surface area contributed by atoms with Gasteiger partial charge >= 0.3 is 6.03 Å². The minimum atomic E-state index is -0.613. The second-order valence-electron chi connectivity index (χ2n) is 5.88. The van der Waals surface area contributed by atoms with Crippen molar-refractivity contribution in [2.75, 3.05) is 13.1 Å². The Bertz CT molecular complexity index is 504. The topological polar surface area (TPSA) is 101 Å². The van der Waals surface area contributed by atoms with Crippen LogP contribution in [0.2, 0.25) is 0 Å². The molecule has 1 aromatic heterocycles. The highest BCUT2D eigenvalue weighted by atomic mass is 32.1. The maximum atomic E-state index is 12.6. The maximum absolute atomic E-state index is 12.6. The normalized spacial score (nSPS) is 21.2. The van der Waals surface area contributed by atoms with E-state index in [1.54, 1.807) is 0 Å². The third-order valence-electron chi connectivity index (χ3n) is 4.14. The summed E-state index contributed by atoms with van der Waals surface area (Å²) in [6.45, 7) is 3.45. The summed E-state index contributed by atoms with van der Waals surface area (Å²) in [7, 11) is 0. The Morgan fingerprint density at radius 1 is 1.55 bits per heavy atom. The van der Waals surface area contributed by atoms with E-state index in [0.29, 0.717) is 12.5 Å². The van der Waals surface area contributed by atoms with E-state index in [-0.39, 0.29) is 24.4 Å². The molecule has 3 atom stereocenters. The summed E-state index contributed by atoms with van der Waals surface area (Å²) in [6, 6.07) is 2.92. The van der Waals surface area contributed by atoms with E-state index in [9.17, 15) is 9.59 Å². The standard InChI is InChI=1S/C15H24N4O2S/c1-10(16)11-4-2-6-19(9-11)14(20)8-12(18-15(17)21)13-5-3-7-22-13/h3,5,7,10-12H,2,4,6,8-9,16H2,1H3,(H3,17,18,21). The van der Waals surface area contributed by atoms with Gasteiger partial charge in [0.25, 0.3) is 0 Å². The summed E-state index contributed by atoms with van der Waals surface area (Å²) in [5.41, 5.74) is 11.2. The Morgan fingerprint density at radius 2 is 2.32 bits per heavy atom. The van der Waals surface area contributed by atoms with Crippen molar-refractivity contribution in [2.24, 2.45) is 17.4 Å². The fourth-order valence-corrected chi connectivity index (χ4v) is 3.63. The molecule has 0 aliphatic carbocycles. The first kappa shape index (κ1) is 16.8. The minimum absolute atomic E-state index is 0.0394. The molecule has 0 spiro atoms. The molecular formula is C15H24N4O2S. The molecule has 2 rings (SSSR count). The van der Waals surface area contributed by atoms with Gasteiger partial charge in [-0.3, -0.25) is 4.79 Å². The van der Waals surface area contributed by atoms with Gasteiger partial charge in [-0.25, -0.2) is 4.79 Å². The number of urea groups is 1. The van der Waals surface area contributed by atoms with Crippen molar-refractivity contribution in [2.45, 2.75) is 38.3 Å². The minimum Gasteiger partial charge on any atom is -0.352 e. The summed E-state index contributed by atoms with van der Waals surface area (Å²) >= 11 is 1.51. The molecule has 7 heteroatoms. The lowest BCUT2D eigenvalue weighted by Gasteiger charge is -2.35. The fraction of sp³-hybridized carbons (Fsp3) is 0.600. The number of carbonyl (C=O) groups excluding carboxylic acids is 2. The van der Waals surface area contributed by atoms with Gasteiger partial charge in [0.2, 0.25) is 5.91 Å². The number of carbonyl (C=O) groups is 2. The number of likely N-dealkylation sites (tertiary alicyclic amines) is 1. The Hall–Kier alpha value is -1.60. The molecule has 1 aliphatic rings. The van der Waals surface area contributed by atoms with Crippen LogP contribution in [-0.4, -0.2) is 36.0 Å². The zero-order chi connectivity index (χ0) is 16.1. The summed E-state index contributed by atoms with van der Waals surface area (Å²) in [6.07, 6.45) is 2.27. The van der Waals surface area contributed by atoms with Crippen LogP contribution in [0.5, 0.6) is 0 Å². The van der Waals surface area contributed by atoms with Crippen LogP contribution in [0.25, 0.3) is 0 Å². The van der Waals surface area contributed by atoms with Gasteiger partial charge in [0.05, 0.1) is 12.5 Å². The van der Waals surface area contributed by atoms with E-state index in [2.05, 4.69) is 5.32 Å². The third-order valence-corrected chi connectivity index (χ3v) is 5.12. The number of rotatable bonds is 5. The smallest absolute Gasteiger partial charge is 0.312 e. The molecular weight excluding hydrogens is 300 g/mol. The molecule has 0 aromatic carbocycles. The van der Waals surface area contributed by atoms with Gasteiger partial charge in [0.15, 0.2) is 0 Å². The molecule has 1 saturated heterocycles. The molecule has 3 amide bonds. The number of thiophene rings is 1. The predicted molar refractivity (Wildman–Crippen MR) is 87.3 cm³/mol. The van der Waals surface area contributed by atoms with Crippen molar-refractivity contribution in [3.8, 4) is 0 Å². The van der Waals surface area contributed by atoms with Crippen molar-refractivity contribution < 1.29 is 9.59 Å². The molecule has 0 saturated carbocycles. The number of nitrogens with two attached hydrogens (primary N) is 2. The number of piperidine rings is 1. The highest BCUT2D eigenvalue weighted by molar-refractivity contribution is 7.10. The van der Waals surface area contributed by atoms with Gasteiger partial charge < -0.3 is 21.7 Å². The molecule has 1 aromatic rings. The highest BCUT2D eigenvalue weighted by Gasteiger charge is 2.28. The maximum Gasteiger partial charge on any atom is 0.312 e. The number of nitrogens with zero attached hydrogens (tertiary/aromatic N) is 1. The van der Waals surface area contributed by atoms with E-state index >= 15 is 0 Å². The molecule has 3 unspecified atom stereocenters. The van der Waals surface area contributed by atoms with Crippen molar-refractivity contribution in [3.05, 3.63) is 22.4 Å². The first-order chi connectivity index (χ1) is 10.5. The van der Waals surface area contributed by atoms with E-state index in [0.717, 1.165) is 24.3 Å². The van der Waals surface area contributed by atoms with Crippen LogP contribution < -0.4 is 16.8 Å². The number of primary amides is 1. The SMILES string of the molecule is CC(N)C1CCCN(C(=O)CC(NC(N)=O)c2cccs2)C1. The molecule has 0 bridgehead atoms. The van der Waals surface area contributed by atoms with E-state index in [1.807, 2.05) is 29.3 Å². The number of hydrogen-bond acceptors (Lipinski definition) is 4. The van der Waals surface area contributed by atoms with Crippen molar-refractivity contribution in [3.63, 3.8) is 0 Å². The molecule has 22 heavy (non-hydrogen) atoms. The average Bonchev–Trinajstić information content (AvgIpc) is 3.00. The second kappa shape index (κ2) is 7.60. The van der Waals surface area contributed by atoms with Crippen LogP contribution in [-0.2, 0) is 4.79 Å². The highest BCUT2D eigenvalue weighted by Crippen LogP contribution is 2.25. The number of hydrogen-bond donors (Lipinski definition) is 3. The zero-order valence-electron chi connectivity index (χ0n) is 12.8. The molecule has 5 N–H and O–H groups in total. The largest absolute Gasteiger partial charge is 0.352 e. The summed E-state index contributed by atoms with van der Waals surface area (Å²) in [5.74, 6) is 0.388. The lowest BCUT2D eigenvalue weighted by atomic mass is 9.92. The van der Waals surface area contributed by atoms with Crippen LogP contribution in [0.3, 0.4) is 0 Å². The monoisotopic (exact) mass is 324 g/mol. The van der Waals surface area contributed by atoms with Crippen LogP contribution in [0.4, 0.5) is 4.79 Å². The van der Waals surface area contributed by atoms with Crippen LogP contribution in [0.15, 0.2) is 17.5 Å². The Labute approximate surface area is 134 Å². The summed E-state index contributed by atoms with van der Waals surface area (Å²) in [5, 5.41) is 4.58. The molecule has 122 valence electrons. The Morgan fingerprint density at radius 3 is 2.91 bits per heavy atom. The van der Waals surface area contributed by atoms with Crippen molar-refractivity contribution >= 4 is 23.3 Å². The lowest BCUT2D eigenvalue weighted by molar-refractivity contribution is -0.133. The van der Waals surface area contributed by atoms with Crippen LogP contribution >= 0.6 is 11.3 Å². The molecule has 0 radical (unpaired) electrons. The van der Waals surface area contributed by atoms with Gasteiger partial charge in [0, 0.05) is 24.0 Å². The van der Waals surface area contributed by atoms with E-state index in [4.69, 9.17) is 11.5 Å². The lowest BCUT2D eigenvalue weighted by Crippen LogP contribution is -2.46. The summed E-state index contributed by atoms with van der Waals surface area (Å²) < 4.78 is 0. The molecule has 6 nitrogen and oxygen atoms in total. The van der Waals surface area contributed by atoms with Gasteiger partial charge in [0.1, 0.15) is 0 Å². The fourth-order valence-electron chi connectivity index (χ4n) is 2.85. The molecule has 1 fully saturated rings. The molecule has 1 aliphatic heterocycles. The van der Waals surface area contributed by atoms with Gasteiger partial charge in [-0.2, -0.15) is 0 Å². The van der Waals surface area contributed by atoms with Crippen molar-refractivity contribution in [1.29, 1.82) is 0 Å². The predicted octanol–water partition coefficient (Wildman–Crippen LogP) is 1.43.